The second kappa shape index (κ2) is 4.80. The molecule has 17 heavy (non-hydrogen) atoms. The molecule has 1 aliphatic heterocycles. The summed E-state index contributed by atoms with van der Waals surface area (Å²) in [5.41, 5.74) is 0.101. The average Bonchev–Trinajstić information content (AvgIpc) is 2.82. The highest BCUT2D eigenvalue weighted by Gasteiger charge is 2.22. The predicted octanol–water partition coefficient (Wildman–Crippen LogP) is 1.21. The fourth-order valence-electron chi connectivity index (χ4n) is 1.74. The van der Waals surface area contributed by atoms with Gasteiger partial charge in [-0.05, 0) is 25.1 Å². The number of hydrogen-bond donors (Lipinski definition) is 1. The van der Waals surface area contributed by atoms with Crippen molar-refractivity contribution >= 4 is 5.69 Å². The lowest BCUT2D eigenvalue weighted by atomic mass is 10.2. The van der Waals surface area contributed by atoms with E-state index in [0.29, 0.717) is 6.54 Å². The Kier molecular flexibility index (Phi) is 3.21. The van der Waals surface area contributed by atoms with E-state index in [0.717, 1.165) is 13.0 Å². The molecular weight excluding hydrogens is 222 g/mol. The molecule has 0 radical (unpaired) electrons. The highest BCUT2D eigenvalue weighted by atomic mass is 16.6. The minimum Gasteiger partial charge on any atom is -0.482 e. The van der Waals surface area contributed by atoms with Crippen LogP contribution >= 0.6 is 0 Å². The van der Waals surface area contributed by atoms with Crippen LogP contribution in [-0.2, 0) is 0 Å². The lowest BCUT2D eigenvalue weighted by Gasteiger charge is -2.12. The Hall–Kier alpha value is -2.13. The highest BCUT2D eigenvalue weighted by molar-refractivity contribution is 5.51. The van der Waals surface area contributed by atoms with Gasteiger partial charge in [0.25, 0.3) is 0 Å². The van der Waals surface area contributed by atoms with Gasteiger partial charge in [0.15, 0.2) is 5.75 Å². The number of ether oxygens (including phenoxy) is 1. The highest BCUT2D eigenvalue weighted by Crippen LogP contribution is 2.29. The van der Waals surface area contributed by atoms with Gasteiger partial charge in [0, 0.05) is 12.6 Å². The molecule has 0 amide bonds. The normalized spacial score (nSPS) is 18.6. The van der Waals surface area contributed by atoms with E-state index >= 15 is 0 Å². The van der Waals surface area contributed by atoms with Crippen LogP contribution in [0.25, 0.3) is 0 Å². The zero-order chi connectivity index (χ0) is 12.3. The largest absolute Gasteiger partial charge is 0.482 e. The summed E-state index contributed by atoms with van der Waals surface area (Å²) in [7, 11) is 0. The van der Waals surface area contributed by atoms with Crippen molar-refractivity contribution in [3.05, 3.63) is 33.9 Å². The summed E-state index contributed by atoms with van der Waals surface area (Å²) in [6.07, 6.45) is 0.790. The smallest absolute Gasteiger partial charge is 0.312 e. The summed E-state index contributed by atoms with van der Waals surface area (Å²) in [5, 5.41) is 22.7. The standard InChI is InChI=1S/C11H11N3O3/c12-6-8-1-2-11(10(5-8)14(15)16)17-9-3-4-13-7-9/h1-2,5,9,13H,3-4,7H2/t9-/m0/s1. The average molecular weight is 233 g/mol. The van der Waals surface area contributed by atoms with Gasteiger partial charge in [-0.25, -0.2) is 0 Å². The summed E-state index contributed by atoms with van der Waals surface area (Å²) in [5.74, 6) is 0.225. The molecule has 0 aliphatic carbocycles. The van der Waals surface area contributed by atoms with Crippen molar-refractivity contribution in [1.82, 2.24) is 5.32 Å². The molecule has 0 saturated carbocycles. The van der Waals surface area contributed by atoms with E-state index in [-0.39, 0.29) is 23.1 Å². The molecule has 1 aliphatic rings. The van der Waals surface area contributed by atoms with E-state index in [1.165, 1.54) is 18.2 Å². The van der Waals surface area contributed by atoms with Crippen LogP contribution in [0.1, 0.15) is 12.0 Å². The van der Waals surface area contributed by atoms with E-state index in [9.17, 15) is 10.1 Å². The fraction of sp³-hybridized carbons (Fsp3) is 0.364. The van der Waals surface area contributed by atoms with Gasteiger partial charge >= 0.3 is 5.69 Å². The van der Waals surface area contributed by atoms with Crippen molar-refractivity contribution in [3.8, 4) is 11.8 Å². The Labute approximate surface area is 98.0 Å². The second-order valence-electron chi connectivity index (χ2n) is 3.78. The van der Waals surface area contributed by atoms with E-state index in [4.69, 9.17) is 10.00 Å². The van der Waals surface area contributed by atoms with E-state index in [1.54, 1.807) is 0 Å². The SMILES string of the molecule is N#Cc1ccc(O[C@H]2CCNC2)c([N+](=O)[O-])c1. The number of nitro groups is 1. The van der Waals surface area contributed by atoms with Crippen LogP contribution in [0.5, 0.6) is 5.75 Å². The number of benzene rings is 1. The lowest BCUT2D eigenvalue weighted by molar-refractivity contribution is -0.386. The second-order valence-corrected chi connectivity index (χ2v) is 3.78. The maximum Gasteiger partial charge on any atom is 0.312 e. The first kappa shape index (κ1) is 11.4. The molecule has 88 valence electrons. The molecule has 1 fully saturated rings. The molecule has 6 nitrogen and oxygen atoms in total. The molecule has 1 aromatic rings. The van der Waals surface area contributed by atoms with Crippen LogP contribution in [0.2, 0.25) is 0 Å². The fourth-order valence-corrected chi connectivity index (χ4v) is 1.74. The van der Waals surface area contributed by atoms with Gasteiger partial charge in [-0.3, -0.25) is 10.1 Å². The minimum absolute atomic E-state index is 0.0402. The summed E-state index contributed by atoms with van der Waals surface area (Å²) in [6.45, 7) is 1.55. The van der Waals surface area contributed by atoms with Gasteiger partial charge in [-0.2, -0.15) is 5.26 Å². The third-order valence-electron chi connectivity index (χ3n) is 2.59. The summed E-state index contributed by atoms with van der Waals surface area (Å²) in [4.78, 5) is 10.3. The van der Waals surface area contributed by atoms with Crippen molar-refractivity contribution in [1.29, 1.82) is 5.26 Å². The molecule has 1 saturated heterocycles. The molecule has 6 heteroatoms. The number of nitrogens with zero attached hydrogens (tertiary/aromatic N) is 2. The zero-order valence-corrected chi connectivity index (χ0v) is 9.05. The Morgan fingerprint density at radius 3 is 3.00 bits per heavy atom. The Morgan fingerprint density at radius 2 is 2.41 bits per heavy atom. The first-order chi connectivity index (χ1) is 8.20. The Bertz CT molecular complexity index is 475. The number of nitriles is 1. The van der Waals surface area contributed by atoms with Crippen LogP contribution in [0.4, 0.5) is 5.69 Å². The number of nitro benzene ring substituents is 1. The van der Waals surface area contributed by atoms with Crippen LogP contribution in [0.3, 0.4) is 0 Å². The first-order valence-corrected chi connectivity index (χ1v) is 5.26. The Balaban J connectivity index is 2.26. The topological polar surface area (TPSA) is 88.2 Å². The number of nitrogens with one attached hydrogen (secondary N) is 1. The predicted molar refractivity (Wildman–Crippen MR) is 59.7 cm³/mol. The third kappa shape index (κ3) is 2.52. The number of rotatable bonds is 3. The molecule has 1 N–H and O–H groups in total. The number of hydrogen-bond acceptors (Lipinski definition) is 5. The van der Waals surface area contributed by atoms with Gasteiger partial charge in [0.1, 0.15) is 6.10 Å². The molecule has 1 atom stereocenters. The van der Waals surface area contributed by atoms with Crippen molar-refractivity contribution in [2.75, 3.05) is 13.1 Å². The molecule has 2 rings (SSSR count). The van der Waals surface area contributed by atoms with E-state index in [2.05, 4.69) is 5.32 Å². The lowest BCUT2D eigenvalue weighted by Crippen LogP contribution is -2.20. The minimum atomic E-state index is -0.529. The van der Waals surface area contributed by atoms with Crippen molar-refractivity contribution in [2.24, 2.45) is 0 Å². The van der Waals surface area contributed by atoms with Crippen LogP contribution in [0, 0.1) is 21.4 Å². The van der Waals surface area contributed by atoms with Gasteiger partial charge < -0.3 is 10.1 Å². The summed E-state index contributed by atoms with van der Waals surface area (Å²) in [6, 6.07) is 6.10. The maximum atomic E-state index is 10.9. The van der Waals surface area contributed by atoms with Gasteiger partial charge in [0.05, 0.1) is 16.6 Å². The van der Waals surface area contributed by atoms with E-state index in [1.807, 2.05) is 6.07 Å². The van der Waals surface area contributed by atoms with Crippen LogP contribution in [-0.4, -0.2) is 24.1 Å². The molecule has 1 heterocycles. The van der Waals surface area contributed by atoms with Gasteiger partial charge in [0.2, 0.25) is 0 Å². The Morgan fingerprint density at radius 1 is 1.59 bits per heavy atom. The van der Waals surface area contributed by atoms with Crippen LogP contribution < -0.4 is 10.1 Å². The molecule has 0 spiro atoms. The monoisotopic (exact) mass is 233 g/mol. The van der Waals surface area contributed by atoms with Gasteiger partial charge in [-0.1, -0.05) is 0 Å². The maximum absolute atomic E-state index is 10.9. The molecule has 0 bridgehead atoms. The van der Waals surface area contributed by atoms with Crippen molar-refractivity contribution in [2.45, 2.75) is 12.5 Å². The molecule has 0 aromatic heterocycles. The summed E-state index contributed by atoms with van der Waals surface area (Å²) >= 11 is 0. The zero-order valence-electron chi connectivity index (χ0n) is 9.05. The third-order valence-corrected chi connectivity index (χ3v) is 2.59. The summed E-state index contributed by atoms with van der Waals surface area (Å²) < 4.78 is 5.55. The first-order valence-electron chi connectivity index (χ1n) is 5.26. The molecule has 1 aromatic carbocycles. The van der Waals surface area contributed by atoms with Gasteiger partial charge in [-0.15, -0.1) is 0 Å². The quantitative estimate of drug-likeness (QED) is 0.626. The molecular formula is C11H11N3O3. The van der Waals surface area contributed by atoms with E-state index < -0.39 is 4.92 Å². The van der Waals surface area contributed by atoms with Crippen molar-refractivity contribution in [3.63, 3.8) is 0 Å². The molecule has 0 unspecified atom stereocenters. The van der Waals surface area contributed by atoms with Crippen LogP contribution in [0.15, 0.2) is 18.2 Å². The van der Waals surface area contributed by atoms with Crippen molar-refractivity contribution < 1.29 is 9.66 Å².